The molecular weight excluding hydrogens is 362 g/mol. The molecule has 0 bridgehead atoms. The van der Waals surface area contributed by atoms with E-state index in [0.717, 1.165) is 35.7 Å². The Balaban J connectivity index is 1.78. The van der Waals surface area contributed by atoms with E-state index in [1.54, 1.807) is 12.4 Å². The van der Waals surface area contributed by atoms with Crippen LogP contribution in [0.3, 0.4) is 0 Å². The van der Waals surface area contributed by atoms with Crippen LogP contribution < -0.4 is 10.1 Å². The van der Waals surface area contributed by atoms with E-state index in [4.69, 9.17) is 4.74 Å². The van der Waals surface area contributed by atoms with Crippen LogP contribution in [0.15, 0.2) is 73.1 Å². The zero-order chi connectivity index (χ0) is 20.6. The molecule has 0 aliphatic carbocycles. The van der Waals surface area contributed by atoms with E-state index >= 15 is 0 Å². The normalized spacial score (nSPS) is 11.9. The number of benzene rings is 2. The summed E-state index contributed by atoms with van der Waals surface area (Å²) in [6.45, 7) is 7.68. The highest BCUT2D eigenvalue weighted by molar-refractivity contribution is 5.95. The summed E-state index contributed by atoms with van der Waals surface area (Å²) < 4.78 is 5.88. The Labute approximate surface area is 172 Å². The molecule has 0 spiro atoms. The predicted molar refractivity (Wildman–Crippen MR) is 116 cm³/mol. The molecular formula is C24H27N3O2. The fourth-order valence-corrected chi connectivity index (χ4v) is 3.34. The third-order valence-electron chi connectivity index (χ3n) is 4.85. The van der Waals surface area contributed by atoms with Crippen molar-refractivity contribution < 1.29 is 9.53 Å². The molecule has 1 amide bonds. The summed E-state index contributed by atoms with van der Waals surface area (Å²) in [4.78, 5) is 19.4. The van der Waals surface area contributed by atoms with E-state index in [2.05, 4.69) is 29.0 Å². The molecule has 1 heterocycles. The standard InChI is InChI=1S/C24H27N3O2/c1-4-27(5-2)23(19-10-7-6-8-11-19)24(28)26-20-13-14-22(18(3)16-20)29-21-12-9-15-25-17-21/h6-17,23H,4-5H2,1-3H3,(H,26,28). The van der Waals surface area contributed by atoms with Crippen LogP contribution in [-0.4, -0.2) is 28.9 Å². The molecule has 1 atom stereocenters. The Morgan fingerprint density at radius 3 is 2.45 bits per heavy atom. The quantitative estimate of drug-likeness (QED) is 0.575. The minimum atomic E-state index is -0.335. The van der Waals surface area contributed by atoms with Gasteiger partial charge in [0, 0.05) is 11.9 Å². The molecule has 3 aromatic rings. The van der Waals surface area contributed by atoms with Gasteiger partial charge in [-0.1, -0.05) is 44.2 Å². The number of likely N-dealkylation sites (N-methyl/N-ethyl adjacent to an activating group) is 1. The van der Waals surface area contributed by atoms with Gasteiger partial charge in [-0.05, 0) is 61.5 Å². The Morgan fingerprint density at radius 1 is 1.07 bits per heavy atom. The average molecular weight is 389 g/mol. The van der Waals surface area contributed by atoms with Crippen molar-refractivity contribution in [2.75, 3.05) is 18.4 Å². The van der Waals surface area contributed by atoms with Gasteiger partial charge in [0.2, 0.25) is 5.91 Å². The number of anilines is 1. The number of nitrogens with one attached hydrogen (secondary N) is 1. The summed E-state index contributed by atoms with van der Waals surface area (Å²) in [5.74, 6) is 1.37. The highest BCUT2D eigenvalue weighted by atomic mass is 16.5. The summed E-state index contributed by atoms with van der Waals surface area (Å²) in [7, 11) is 0. The lowest BCUT2D eigenvalue weighted by molar-refractivity contribution is -0.121. The predicted octanol–water partition coefficient (Wildman–Crippen LogP) is 5.20. The summed E-state index contributed by atoms with van der Waals surface area (Å²) in [6, 6.07) is 18.9. The molecule has 5 heteroatoms. The number of ether oxygens (including phenoxy) is 1. The first-order valence-electron chi connectivity index (χ1n) is 9.90. The third kappa shape index (κ3) is 5.21. The molecule has 1 N–H and O–H groups in total. The first-order chi connectivity index (χ1) is 14.1. The largest absolute Gasteiger partial charge is 0.455 e. The van der Waals surface area contributed by atoms with Crippen LogP contribution in [0.2, 0.25) is 0 Å². The number of nitrogens with zero attached hydrogens (tertiary/aromatic N) is 2. The van der Waals surface area contributed by atoms with Crippen molar-refractivity contribution >= 4 is 11.6 Å². The second kappa shape index (κ2) is 9.85. The zero-order valence-corrected chi connectivity index (χ0v) is 17.1. The van der Waals surface area contributed by atoms with E-state index in [1.165, 1.54) is 0 Å². The monoisotopic (exact) mass is 389 g/mol. The van der Waals surface area contributed by atoms with Crippen molar-refractivity contribution in [3.05, 3.63) is 84.2 Å². The maximum Gasteiger partial charge on any atom is 0.246 e. The number of pyridine rings is 1. The van der Waals surface area contributed by atoms with Gasteiger partial charge in [0.05, 0.1) is 6.20 Å². The number of carbonyl (C=O) groups is 1. The average Bonchev–Trinajstić information content (AvgIpc) is 2.75. The van der Waals surface area contributed by atoms with Gasteiger partial charge in [0.1, 0.15) is 17.5 Å². The van der Waals surface area contributed by atoms with E-state index < -0.39 is 0 Å². The number of aryl methyl sites for hydroxylation is 1. The van der Waals surface area contributed by atoms with Crippen molar-refractivity contribution in [2.45, 2.75) is 26.8 Å². The van der Waals surface area contributed by atoms with Gasteiger partial charge in [-0.15, -0.1) is 0 Å². The molecule has 29 heavy (non-hydrogen) atoms. The maximum absolute atomic E-state index is 13.2. The first kappa shape index (κ1) is 20.6. The second-order valence-electron chi connectivity index (χ2n) is 6.79. The van der Waals surface area contributed by atoms with Gasteiger partial charge in [-0.3, -0.25) is 14.7 Å². The van der Waals surface area contributed by atoms with Crippen LogP contribution in [-0.2, 0) is 4.79 Å². The molecule has 0 aliphatic rings. The second-order valence-corrected chi connectivity index (χ2v) is 6.79. The van der Waals surface area contributed by atoms with Crippen LogP contribution >= 0.6 is 0 Å². The molecule has 2 aromatic carbocycles. The van der Waals surface area contributed by atoms with Crippen molar-refractivity contribution in [1.82, 2.24) is 9.88 Å². The van der Waals surface area contributed by atoms with E-state index in [-0.39, 0.29) is 11.9 Å². The molecule has 0 aliphatic heterocycles. The summed E-state index contributed by atoms with van der Waals surface area (Å²) in [5, 5.41) is 3.07. The van der Waals surface area contributed by atoms with Crippen molar-refractivity contribution in [2.24, 2.45) is 0 Å². The lowest BCUT2D eigenvalue weighted by Crippen LogP contribution is -2.37. The van der Waals surface area contributed by atoms with Gasteiger partial charge < -0.3 is 10.1 Å². The van der Waals surface area contributed by atoms with Crippen LogP contribution in [0.25, 0.3) is 0 Å². The molecule has 1 aromatic heterocycles. The summed E-state index contributed by atoms with van der Waals surface area (Å²) in [6.07, 6.45) is 3.38. The lowest BCUT2D eigenvalue weighted by atomic mass is 10.0. The highest BCUT2D eigenvalue weighted by Gasteiger charge is 2.25. The number of hydrogen-bond donors (Lipinski definition) is 1. The van der Waals surface area contributed by atoms with Crippen LogP contribution in [0.5, 0.6) is 11.5 Å². The minimum Gasteiger partial charge on any atom is -0.455 e. The molecule has 0 saturated heterocycles. The Bertz CT molecular complexity index is 925. The summed E-state index contributed by atoms with van der Waals surface area (Å²) >= 11 is 0. The van der Waals surface area contributed by atoms with Gasteiger partial charge in [0.25, 0.3) is 0 Å². The fourth-order valence-electron chi connectivity index (χ4n) is 3.34. The Morgan fingerprint density at radius 2 is 1.83 bits per heavy atom. The van der Waals surface area contributed by atoms with Gasteiger partial charge >= 0.3 is 0 Å². The molecule has 0 radical (unpaired) electrons. The molecule has 3 rings (SSSR count). The van der Waals surface area contributed by atoms with Crippen molar-refractivity contribution in [3.8, 4) is 11.5 Å². The highest BCUT2D eigenvalue weighted by Crippen LogP contribution is 2.28. The third-order valence-corrected chi connectivity index (χ3v) is 4.85. The van der Waals surface area contributed by atoms with Gasteiger partial charge in [-0.2, -0.15) is 0 Å². The van der Waals surface area contributed by atoms with Crippen LogP contribution in [0.1, 0.15) is 31.0 Å². The molecule has 1 unspecified atom stereocenters. The number of hydrogen-bond acceptors (Lipinski definition) is 4. The topological polar surface area (TPSA) is 54.5 Å². The smallest absolute Gasteiger partial charge is 0.246 e. The first-order valence-corrected chi connectivity index (χ1v) is 9.90. The fraction of sp³-hybridized carbons (Fsp3) is 0.250. The van der Waals surface area contributed by atoms with Crippen LogP contribution in [0.4, 0.5) is 5.69 Å². The van der Waals surface area contributed by atoms with Crippen molar-refractivity contribution in [3.63, 3.8) is 0 Å². The van der Waals surface area contributed by atoms with Gasteiger partial charge in [-0.25, -0.2) is 0 Å². The Kier molecular flexibility index (Phi) is 6.98. The van der Waals surface area contributed by atoms with Crippen molar-refractivity contribution in [1.29, 1.82) is 0 Å². The molecule has 5 nitrogen and oxygen atoms in total. The van der Waals surface area contributed by atoms with Gasteiger partial charge in [0.15, 0.2) is 0 Å². The zero-order valence-electron chi connectivity index (χ0n) is 17.1. The molecule has 0 saturated carbocycles. The number of amides is 1. The Hall–Kier alpha value is -3.18. The molecule has 150 valence electrons. The SMILES string of the molecule is CCN(CC)C(C(=O)Nc1ccc(Oc2cccnc2)c(C)c1)c1ccccc1. The lowest BCUT2D eigenvalue weighted by Gasteiger charge is -2.29. The van der Waals surface area contributed by atoms with E-state index in [0.29, 0.717) is 5.75 Å². The minimum absolute atomic E-state index is 0.0415. The van der Waals surface area contributed by atoms with Crippen LogP contribution in [0, 0.1) is 6.92 Å². The number of aromatic nitrogens is 1. The van der Waals surface area contributed by atoms with E-state index in [1.807, 2.05) is 67.6 Å². The van der Waals surface area contributed by atoms with E-state index in [9.17, 15) is 4.79 Å². The summed E-state index contributed by atoms with van der Waals surface area (Å²) in [5.41, 5.74) is 2.67. The maximum atomic E-state index is 13.2. The number of carbonyl (C=O) groups excluding carboxylic acids is 1. The number of rotatable bonds is 8. The molecule has 0 fully saturated rings.